The smallest absolute Gasteiger partial charge is 0.0105 e. The molecule has 0 spiro atoms. The monoisotopic (exact) mass is 170 g/mol. The Morgan fingerprint density at radius 3 is 2.83 bits per heavy atom. The molecule has 1 unspecified atom stereocenters. The summed E-state index contributed by atoms with van der Waals surface area (Å²) in [6.45, 7) is 9.09. The molecule has 2 N–H and O–H groups in total. The van der Waals surface area contributed by atoms with Crippen molar-refractivity contribution in [2.24, 2.45) is 11.1 Å². The fourth-order valence-corrected chi connectivity index (χ4v) is 2.09. The van der Waals surface area contributed by atoms with E-state index < -0.39 is 0 Å². The number of nitrogens with zero attached hydrogens (tertiary/aromatic N) is 1. The van der Waals surface area contributed by atoms with Crippen LogP contribution in [-0.2, 0) is 0 Å². The Bertz CT molecular complexity index is 134. The molecule has 0 saturated carbocycles. The summed E-state index contributed by atoms with van der Waals surface area (Å²) in [6.07, 6.45) is 4.04. The molecule has 2 nitrogen and oxygen atoms in total. The Kier molecular flexibility index (Phi) is 3.53. The largest absolute Gasteiger partial charge is 0.329 e. The van der Waals surface area contributed by atoms with E-state index in [9.17, 15) is 0 Å². The van der Waals surface area contributed by atoms with Crippen LogP contribution in [0.4, 0.5) is 0 Å². The van der Waals surface area contributed by atoms with Gasteiger partial charge in [0.2, 0.25) is 0 Å². The van der Waals surface area contributed by atoms with Gasteiger partial charge in [0, 0.05) is 19.6 Å². The first-order valence-electron chi connectivity index (χ1n) is 5.12. The van der Waals surface area contributed by atoms with Gasteiger partial charge in [-0.3, -0.25) is 0 Å². The van der Waals surface area contributed by atoms with Crippen LogP contribution in [0.3, 0.4) is 0 Å². The molecule has 0 aliphatic carbocycles. The van der Waals surface area contributed by atoms with E-state index in [-0.39, 0.29) is 0 Å². The SMILES string of the molecule is CCC1(C)CCCN(CCN)C1. The second kappa shape index (κ2) is 4.24. The number of piperidine rings is 1. The summed E-state index contributed by atoms with van der Waals surface area (Å²) in [4.78, 5) is 2.51. The fraction of sp³-hybridized carbons (Fsp3) is 1.00. The van der Waals surface area contributed by atoms with Crippen molar-refractivity contribution in [3.05, 3.63) is 0 Å². The third-order valence-corrected chi connectivity index (χ3v) is 3.16. The van der Waals surface area contributed by atoms with Crippen molar-refractivity contribution in [3.63, 3.8) is 0 Å². The quantitative estimate of drug-likeness (QED) is 0.695. The zero-order valence-electron chi connectivity index (χ0n) is 8.47. The van der Waals surface area contributed by atoms with Crippen molar-refractivity contribution in [2.75, 3.05) is 26.2 Å². The molecule has 0 radical (unpaired) electrons. The second-order valence-corrected chi connectivity index (χ2v) is 4.33. The molecule has 0 aromatic carbocycles. The van der Waals surface area contributed by atoms with Crippen molar-refractivity contribution in [1.82, 2.24) is 4.90 Å². The summed E-state index contributed by atoms with van der Waals surface area (Å²) in [5.41, 5.74) is 6.11. The molecular formula is C10H22N2. The lowest BCUT2D eigenvalue weighted by molar-refractivity contribution is 0.102. The van der Waals surface area contributed by atoms with Crippen LogP contribution in [0.15, 0.2) is 0 Å². The molecule has 0 aromatic heterocycles. The molecule has 2 heteroatoms. The maximum Gasteiger partial charge on any atom is 0.0105 e. The highest BCUT2D eigenvalue weighted by Crippen LogP contribution is 2.31. The molecule has 72 valence electrons. The molecule has 1 rings (SSSR count). The molecule has 1 fully saturated rings. The maximum absolute atomic E-state index is 5.55. The Labute approximate surface area is 76.1 Å². The van der Waals surface area contributed by atoms with Crippen molar-refractivity contribution >= 4 is 0 Å². The van der Waals surface area contributed by atoms with Crippen LogP contribution in [-0.4, -0.2) is 31.1 Å². The topological polar surface area (TPSA) is 29.3 Å². The van der Waals surface area contributed by atoms with Crippen molar-refractivity contribution in [1.29, 1.82) is 0 Å². The third kappa shape index (κ3) is 2.46. The van der Waals surface area contributed by atoms with E-state index in [1.165, 1.54) is 32.4 Å². The average molecular weight is 170 g/mol. The first-order valence-corrected chi connectivity index (χ1v) is 5.12. The van der Waals surface area contributed by atoms with E-state index in [4.69, 9.17) is 5.73 Å². The zero-order valence-corrected chi connectivity index (χ0v) is 8.47. The summed E-state index contributed by atoms with van der Waals surface area (Å²) >= 11 is 0. The van der Waals surface area contributed by atoms with E-state index >= 15 is 0 Å². The van der Waals surface area contributed by atoms with Crippen molar-refractivity contribution in [2.45, 2.75) is 33.1 Å². The summed E-state index contributed by atoms with van der Waals surface area (Å²) < 4.78 is 0. The Hall–Kier alpha value is -0.0800. The number of hydrogen-bond donors (Lipinski definition) is 1. The van der Waals surface area contributed by atoms with Gasteiger partial charge in [-0.2, -0.15) is 0 Å². The Balaban J connectivity index is 2.39. The van der Waals surface area contributed by atoms with Gasteiger partial charge in [-0.05, 0) is 31.2 Å². The Morgan fingerprint density at radius 1 is 1.50 bits per heavy atom. The molecule has 1 aliphatic rings. The fourth-order valence-electron chi connectivity index (χ4n) is 2.09. The molecule has 0 aromatic rings. The van der Waals surface area contributed by atoms with E-state index in [0.29, 0.717) is 5.41 Å². The lowest BCUT2D eigenvalue weighted by Crippen LogP contribution is -2.43. The van der Waals surface area contributed by atoms with Gasteiger partial charge >= 0.3 is 0 Å². The van der Waals surface area contributed by atoms with Gasteiger partial charge in [0.15, 0.2) is 0 Å². The van der Waals surface area contributed by atoms with Gasteiger partial charge in [0.25, 0.3) is 0 Å². The van der Waals surface area contributed by atoms with Crippen LogP contribution in [0.5, 0.6) is 0 Å². The lowest BCUT2D eigenvalue weighted by atomic mass is 9.80. The average Bonchev–Trinajstić information content (AvgIpc) is 2.05. The number of hydrogen-bond acceptors (Lipinski definition) is 2. The minimum Gasteiger partial charge on any atom is -0.329 e. The molecule has 1 saturated heterocycles. The van der Waals surface area contributed by atoms with Crippen LogP contribution >= 0.6 is 0 Å². The lowest BCUT2D eigenvalue weighted by Gasteiger charge is -2.39. The van der Waals surface area contributed by atoms with Crippen LogP contribution in [0.2, 0.25) is 0 Å². The zero-order chi connectivity index (χ0) is 9.03. The Morgan fingerprint density at radius 2 is 2.25 bits per heavy atom. The van der Waals surface area contributed by atoms with Crippen molar-refractivity contribution < 1.29 is 0 Å². The molecule has 1 heterocycles. The third-order valence-electron chi connectivity index (χ3n) is 3.16. The number of likely N-dealkylation sites (tertiary alicyclic amines) is 1. The van der Waals surface area contributed by atoms with Gasteiger partial charge in [-0.25, -0.2) is 0 Å². The van der Waals surface area contributed by atoms with E-state index in [2.05, 4.69) is 18.7 Å². The number of nitrogens with two attached hydrogens (primary N) is 1. The minimum atomic E-state index is 0.563. The molecular weight excluding hydrogens is 148 g/mol. The van der Waals surface area contributed by atoms with Crippen LogP contribution in [0.25, 0.3) is 0 Å². The predicted molar refractivity (Wildman–Crippen MR) is 53.1 cm³/mol. The first kappa shape index (κ1) is 10.0. The normalized spacial score (nSPS) is 32.2. The summed E-state index contributed by atoms with van der Waals surface area (Å²) in [5, 5.41) is 0. The van der Waals surface area contributed by atoms with Gasteiger partial charge in [-0.15, -0.1) is 0 Å². The van der Waals surface area contributed by atoms with E-state index in [1.54, 1.807) is 0 Å². The van der Waals surface area contributed by atoms with Crippen LogP contribution < -0.4 is 5.73 Å². The first-order chi connectivity index (χ1) is 5.70. The second-order valence-electron chi connectivity index (χ2n) is 4.33. The van der Waals surface area contributed by atoms with Gasteiger partial charge < -0.3 is 10.6 Å². The summed E-state index contributed by atoms with van der Waals surface area (Å²) in [5.74, 6) is 0. The molecule has 0 bridgehead atoms. The van der Waals surface area contributed by atoms with Crippen LogP contribution in [0.1, 0.15) is 33.1 Å². The van der Waals surface area contributed by atoms with Crippen molar-refractivity contribution in [3.8, 4) is 0 Å². The maximum atomic E-state index is 5.55. The number of rotatable bonds is 3. The van der Waals surface area contributed by atoms with Crippen LogP contribution in [0, 0.1) is 5.41 Å². The summed E-state index contributed by atoms with van der Waals surface area (Å²) in [6, 6.07) is 0. The predicted octanol–water partition coefficient (Wildman–Crippen LogP) is 1.46. The molecule has 1 atom stereocenters. The van der Waals surface area contributed by atoms with Gasteiger partial charge in [0.1, 0.15) is 0 Å². The highest BCUT2D eigenvalue weighted by molar-refractivity contribution is 4.82. The van der Waals surface area contributed by atoms with E-state index in [1.807, 2.05) is 0 Å². The molecule has 1 aliphatic heterocycles. The molecule has 0 amide bonds. The minimum absolute atomic E-state index is 0.563. The summed E-state index contributed by atoms with van der Waals surface area (Å²) in [7, 11) is 0. The highest BCUT2D eigenvalue weighted by atomic mass is 15.1. The van der Waals surface area contributed by atoms with Gasteiger partial charge in [0.05, 0.1) is 0 Å². The standard InChI is InChI=1S/C10H22N2/c1-3-10(2)5-4-7-12(9-10)8-6-11/h3-9,11H2,1-2H3. The van der Waals surface area contributed by atoms with Gasteiger partial charge in [-0.1, -0.05) is 13.8 Å². The molecule has 12 heavy (non-hydrogen) atoms. The van der Waals surface area contributed by atoms with E-state index in [0.717, 1.165) is 13.1 Å². The highest BCUT2D eigenvalue weighted by Gasteiger charge is 2.28.